The van der Waals surface area contributed by atoms with E-state index in [1.165, 1.54) is 32.4 Å². The molecule has 0 aromatic heterocycles. The van der Waals surface area contributed by atoms with Crippen LogP contribution >= 0.6 is 0 Å². The highest BCUT2D eigenvalue weighted by Crippen LogP contribution is 2.13. The van der Waals surface area contributed by atoms with Gasteiger partial charge in [0.15, 0.2) is 0 Å². The first-order valence-electron chi connectivity index (χ1n) is 6.27. The summed E-state index contributed by atoms with van der Waals surface area (Å²) >= 11 is 0. The van der Waals surface area contributed by atoms with E-state index in [1.807, 2.05) is 0 Å². The number of nitrogens with zero attached hydrogens (tertiary/aromatic N) is 1. The lowest BCUT2D eigenvalue weighted by molar-refractivity contribution is -0.0302. The summed E-state index contributed by atoms with van der Waals surface area (Å²) in [4.78, 5) is 2.37. The van der Waals surface area contributed by atoms with Crippen LogP contribution in [0.4, 0.5) is 0 Å². The van der Waals surface area contributed by atoms with Gasteiger partial charge < -0.3 is 15.0 Å². The molecule has 0 saturated carbocycles. The van der Waals surface area contributed by atoms with Gasteiger partial charge in [-0.2, -0.15) is 0 Å². The van der Waals surface area contributed by atoms with Crippen LogP contribution in [-0.2, 0) is 4.74 Å². The van der Waals surface area contributed by atoms with E-state index in [4.69, 9.17) is 4.74 Å². The molecular weight excluding hydrogens is 188 g/mol. The maximum Gasteiger partial charge on any atom is 0.0675 e. The number of likely N-dealkylation sites (tertiary alicyclic amines) is 1. The average Bonchev–Trinajstić information content (AvgIpc) is 2.22. The maximum absolute atomic E-state index is 6.00. The number of piperidine rings is 1. The second kappa shape index (κ2) is 7.20. The summed E-state index contributed by atoms with van der Waals surface area (Å²) in [5.74, 6) is 0. The zero-order chi connectivity index (χ0) is 11.1. The first kappa shape index (κ1) is 12.9. The molecule has 15 heavy (non-hydrogen) atoms. The Morgan fingerprint density at radius 3 is 2.67 bits per heavy atom. The van der Waals surface area contributed by atoms with Gasteiger partial charge in [-0.3, -0.25) is 0 Å². The van der Waals surface area contributed by atoms with Crippen LogP contribution in [0.3, 0.4) is 0 Å². The Balaban J connectivity index is 2.06. The lowest BCUT2D eigenvalue weighted by Gasteiger charge is -2.31. The van der Waals surface area contributed by atoms with Crippen molar-refractivity contribution in [2.75, 3.05) is 33.2 Å². The van der Waals surface area contributed by atoms with Gasteiger partial charge in [-0.1, -0.05) is 6.92 Å². The molecule has 1 saturated heterocycles. The highest BCUT2D eigenvalue weighted by atomic mass is 16.5. The van der Waals surface area contributed by atoms with Gasteiger partial charge >= 0.3 is 0 Å². The van der Waals surface area contributed by atoms with Gasteiger partial charge in [-0.05, 0) is 39.8 Å². The van der Waals surface area contributed by atoms with E-state index in [2.05, 4.69) is 31.1 Å². The normalized spacial score (nSPS) is 21.8. The van der Waals surface area contributed by atoms with Crippen molar-refractivity contribution in [1.82, 2.24) is 10.2 Å². The second-order valence-corrected chi connectivity index (χ2v) is 4.65. The summed E-state index contributed by atoms with van der Waals surface area (Å²) in [5.41, 5.74) is 0. The number of rotatable bonds is 6. The molecule has 90 valence electrons. The molecular formula is C12H26N2O. The standard InChI is InChI=1S/C12H26N2O/c1-4-7-13-10-11(2)15-12-5-8-14(3)9-6-12/h11-13H,4-10H2,1-3H3. The molecule has 1 fully saturated rings. The van der Waals surface area contributed by atoms with Crippen molar-refractivity contribution < 1.29 is 4.74 Å². The Morgan fingerprint density at radius 1 is 1.40 bits per heavy atom. The minimum atomic E-state index is 0.352. The predicted octanol–water partition coefficient (Wildman–Crippen LogP) is 1.49. The summed E-state index contributed by atoms with van der Waals surface area (Å²) < 4.78 is 6.00. The number of ether oxygens (including phenoxy) is 1. The van der Waals surface area contributed by atoms with Crippen LogP contribution < -0.4 is 5.32 Å². The van der Waals surface area contributed by atoms with E-state index < -0.39 is 0 Å². The van der Waals surface area contributed by atoms with Gasteiger partial charge in [0.25, 0.3) is 0 Å². The van der Waals surface area contributed by atoms with Gasteiger partial charge in [-0.15, -0.1) is 0 Å². The zero-order valence-corrected chi connectivity index (χ0v) is 10.5. The fourth-order valence-corrected chi connectivity index (χ4v) is 1.98. The number of nitrogens with one attached hydrogen (secondary N) is 1. The Morgan fingerprint density at radius 2 is 2.07 bits per heavy atom. The molecule has 0 aliphatic carbocycles. The summed E-state index contributed by atoms with van der Waals surface area (Å²) in [6.07, 6.45) is 4.41. The fourth-order valence-electron chi connectivity index (χ4n) is 1.98. The van der Waals surface area contributed by atoms with Crippen molar-refractivity contribution in [2.24, 2.45) is 0 Å². The van der Waals surface area contributed by atoms with Crippen LogP contribution in [0.15, 0.2) is 0 Å². The van der Waals surface area contributed by atoms with Crippen LogP contribution in [0.25, 0.3) is 0 Å². The van der Waals surface area contributed by atoms with Crippen molar-refractivity contribution in [1.29, 1.82) is 0 Å². The molecule has 3 heteroatoms. The highest BCUT2D eigenvalue weighted by Gasteiger charge is 2.18. The Kier molecular flexibility index (Phi) is 6.22. The number of hydrogen-bond donors (Lipinski definition) is 1. The minimum absolute atomic E-state index is 0.352. The Bertz CT molecular complexity index is 156. The molecule has 1 unspecified atom stereocenters. The molecule has 0 radical (unpaired) electrons. The minimum Gasteiger partial charge on any atom is -0.374 e. The third kappa shape index (κ3) is 5.50. The maximum atomic E-state index is 6.00. The van der Waals surface area contributed by atoms with Crippen LogP contribution in [0.1, 0.15) is 33.1 Å². The van der Waals surface area contributed by atoms with E-state index in [0.717, 1.165) is 13.1 Å². The topological polar surface area (TPSA) is 24.5 Å². The van der Waals surface area contributed by atoms with Gasteiger partial charge in [0.1, 0.15) is 0 Å². The summed E-state index contributed by atoms with van der Waals surface area (Å²) in [7, 11) is 2.18. The first-order chi connectivity index (χ1) is 7.22. The molecule has 0 aromatic carbocycles. The zero-order valence-electron chi connectivity index (χ0n) is 10.5. The van der Waals surface area contributed by atoms with E-state index in [-0.39, 0.29) is 0 Å². The smallest absolute Gasteiger partial charge is 0.0675 e. The summed E-state index contributed by atoms with van der Waals surface area (Å²) in [6, 6.07) is 0. The van der Waals surface area contributed by atoms with E-state index in [1.54, 1.807) is 0 Å². The third-order valence-corrected chi connectivity index (χ3v) is 2.95. The Labute approximate surface area is 94.2 Å². The lowest BCUT2D eigenvalue weighted by Crippen LogP contribution is -2.38. The van der Waals surface area contributed by atoms with Crippen molar-refractivity contribution >= 4 is 0 Å². The summed E-state index contributed by atoms with van der Waals surface area (Å²) in [5, 5.41) is 3.40. The molecule has 1 heterocycles. The number of hydrogen-bond acceptors (Lipinski definition) is 3. The molecule has 1 N–H and O–H groups in total. The van der Waals surface area contributed by atoms with Crippen LogP contribution in [0.5, 0.6) is 0 Å². The van der Waals surface area contributed by atoms with Gasteiger partial charge in [0, 0.05) is 19.6 Å². The molecule has 0 amide bonds. The van der Waals surface area contributed by atoms with E-state index >= 15 is 0 Å². The molecule has 0 spiro atoms. The quantitative estimate of drug-likeness (QED) is 0.678. The molecule has 0 aromatic rings. The SMILES string of the molecule is CCCNCC(C)OC1CCN(C)CC1. The molecule has 1 aliphatic rings. The third-order valence-electron chi connectivity index (χ3n) is 2.95. The predicted molar refractivity (Wildman–Crippen MR) is 64.2 cm³/mol. The Hall–Kier alpha value is -0.120. The molecule has 1 aliphatic heterocycles. The van der Waals surface area contributed by atoms with Crippen LogP contribution in [0.2, 0.25) is 0 Å². The average molecular weight is 214 g/mol. The van der Waals surface area contributed by atoms with Crippen molar-refractivity contribution in [3.63, 3.8) is 0 Å². The molecule has 1 atom stereocenters. The highest BCUT2D eigenvalue weighted by molar-refractivity contribution is 4.71. The molecule has 3 nitrogen and oxygen atoms in total. The van der Waals surface area contributed by atoms with Crippen LogP contribution in [-0.4, -0.2) is 50.3 Å². The van der Waals surface area contributed by atoms with Crippen molar-refractivity contribution in [3.8, 4) is 0 Å². The molecule has 1 rings (SSSR count). The van der Waals surface area contributed by atoms with Gasteiger partial charge in [-0.25, -0.2) is 0 Å². The van der Waals surface area contributed by atoms with Gasteiger partial charge in [0.05, 0.1) is 12.2 Å². The van der Waals surface area contributed by atoms with E-state index in [9.17, 15) is 0 Å². The lowest BCUT2D eigenvalue weighted by atomic mass is 10.1. The fraction of sp³-hybridized carbons (Fsp3) is 1.00. The van der Waals surface area contributed by atoms with Crippen molar-refractivity contribution in [2.45, 2.75) is 45.3 Å². The van der Waals surface area contributed by atoms with Gasteiger partial charge in [0.2, 0.25) is 0 Å². The second-order valence-electron chi connectivity index (χ2n) is 4.65. The van der Waals surface area contributed by atoms with E-state index in [0.29, 0.717) is 12.2 Å². The van der Waals surface area contributed by atoms with Crippen LogP contribution in [0, 0.1) is 0 Å². The largest absolute Gasteiger partial charge is 0.374 e. The summed E-state index contributed by atoms with van der Waals surface area (Å²) in [6.45, 7) is 8.80. The first-order valence-corrected chi connectivity index (χ1v) is 6.27. The van der Waals surface area contributed by atoms with Crippen molar-refractivity contribution in [3.05, 3.63) is 0 Å². The molecule has 0 bridgehead atoms. The monoisotopic (exact) mass is 214 g/mol.